The third-order valence-electron chi connectivity index (χ3n) is 3.93. The van der Waals surface area contributed by atoms with E-state index in [1.807, 2.05) is 32.9 Å². The van der Waals surface area contributed by atoms with E-state index in [1.54, 1.807) is 13.1 Å². The average Bonchev–Trinajstić information content (AvgIpc) is 2.43. The van der Waals surface area contributed by atoms with E-state index >= 15 is 0 Å². The number of hydrogen-bond acceptors (Lipinski definition) is 3. The van der Waals surface area contributed by atoms with E-state index in [2.05, 4.69) is 10.3 Å². The Bertz CT molecular complexity index is 791. The van der Waals surface area contributed by atoms with Crippen LogP contribution in [-0.2, 0) is 6.42 Å². The summed E-state index contributed by atoms with van der Waals surface area (Å²) in [6.07, 6.45) is 0.461. The van der Waals surface area contributed by atoms with E-state index in [4.69, 9.17) is 5.73 Å². The Labute approximate surface area is 129 Å². The molecule has 116 valence electrons. The van der Waals surface area contributed by atoms with Crippen LogP contribution in [0.3, 0.4) is 0 Å². The molecule has 22 heavy (non-hydrogen) atoms. The maximum atomic E-state index is 12.2. The van der Waals surface area contributed by atoms with E-state index in [0.717, 1.165) is 28.1 Å². The van der Waals surface area contributed by atoms with Crippen LogP contribution in [0.5, 0.6) is 0 Å². The lowest BCUT2D eigenvalue weighted by molar-refractivity contribution is 0.0999. The van der Waals surface area contributed by atoms with Gasteiger partial charge in [-0.05, 0) is 55.7 Å². The Balaban J connectivity index is 2.57. The standard InChI is InChI=1S/C17H21N3O2/c1-9-5-10(2)20-17(22)14(9)7-12-6-13(19-4)8-15(11(12)3)16(18)21/h5-6,8,19H,7H2,1-4H3,(H2,18,21)(H,20,22). The van der Waals surface area contributed by atoms with Crippen molar-refractivity contribution in [1.29, 1.82) is 0 Å². The number of carbonyl (C=O) groups is 1. The van der Waals surface area contributed by atoms with Crippen molar-refractivity contribution in [2.75, 3.05) is 12.4 Å². The summed E-state index contributed by atoms with van der Waals surface area (Å²) in [6.45, 7) is 5.63. The molecule has 0 saturated heterocycles. The molecule has 2 aromatic rings. The normalized spacial score (nSPS) is 10.5. The smallest absolute Gasteiger partial charge is 0.251 e. The Hall–Kier alpha value is -2.56. The lowest BCUT2D eigenvalue weighted by atomic mass is 9.94. The molecule has 5 nitrogen and oxygen atoms in total. The zero-order valence-electron chi connectivity index (χ0n) is 13.3. The molecule has 0 aliphatic carbocycles. The fraction of sp³-hybridized carbons (Fsp3) is 0.294. The van der Waals surface area contributed by atoms with Crippen LogP contribution in [0.25, 0.3) is 0 Å². The van der Waals surface area contributed by atoms with Gasteiger partial charge >= 0.3 is 0 Å². The van der Waals surface area contributed by atoms with Crippen molar-refractivity contribution in [2.24, 2.45) is 5.73 Å². The Morgan fingerprint density at radius 2 is 1.91 bits per heavy atom. The summed E-state index contributed by atoms with van der Waals surface area (Å²) in [5.41, 5.74) is 10.8. The summed E-state index contributed by atoms with van der Waals surface area (Å²) >= 11 is 0. The second-order valence-corrected chi connectivity index (χ2v) is 5.54. The summed E-state index contributed by atoms with van der Waals surface area (Å²) < 4.78 is 0. The summed E-state index contributed by atoms with van der Waals surface area (Å²) in [5.74, 6) is -0.467. The number of pyridine rings is 1. The molecule has 1 aromatic heterocycles. The Morgan fingerprint density at radius 3 is 2.45 bits per heavy atom. The minimum atomic E-state index is -0.467. The predicted octanol–water partition coefficient (Wildman–Crippen LogP) is 2.03. The van der Waals surface area contributed by atoms with Crippen molar-refractivity contribution in [3.63, 3.8) is 0 Å². The van der Waals surface area contributed by atoms with Crippen molar-refractivity contribution in [2.45, 2.75) is 27.2 Å². The van der Waals surface area contributed by atoms with Gasteiger partial charge in [-0.25, -0.2) is 0 Å². The average molecular weight is 299 g/mol. The molecule has 4 N–H and O–H groups in total. The number of benzene rings is 1. The first-order valence-corrected chi connectivity index (χ1v) is 7.14. The summed E-state index contributed by atoms with van der Waals surface area (Å²) in [5, 5.41) is 3.02. The SMILES string of the molecule is CNc1cc(Cc2c(C)cc(C)[nH]c2=O)c(C)c(C(N)=O)c1. The second-order valence-electron chi connectivity index (χ2n) is 5.54. The number of carbonyl (C=O) groups excluding carboxylic acids is 1. The fourth-order valence-corrected chi connectivity index (χ4v) is 2.65. The first-order chi connectivity index (χ1) is 10.3. The maximum Gasteiger partial charge on any atom is 0.251 e. The predicted molar refractivity (Wildman–Crippen MR) is 88.6 cm³/mol. The molecule has 0 unspecified atom stereocenters. The molecule has 1 aromatic carbocycles. The van der Waals surface area contributed by atoms with Crippen molar-refractivity contribution in [3.05, 3.63) is 62.1 Å². The van der Waals surface area contributed by atoms with Gasteiger partial charge < -0.3 is 16.0 Å². The first-order valence-electron chi connectivity index (χ1n) is 7.14. The molecule has 0 spiro atoms. The van der Waals surface area contributed by atoms with Crippen LogP contribution < -0.4 is 16.6 Å². The molecule has 0 atom stereocenters. The molecule has 2 rings (SSSR count). The molecular weight excluding hydrogens is 278 g/mol. The topological polar surface area (TPSA) is 88.0 Å². The number of nitrogens with one attached hydrogen (secondary N) is 2. The van der Waals surface area contributed by atoms with E-state index in [9.17, 15) is 9.59 Å². The second kappa shape index (κ2) is 6.05. The van der Waals surface area contributed by atoms with E-state index < -0.39 is 5.91 Å². The van der Waals surface area contributed by atoms with Crippen LogP contribution in [0.4, 0.5) is 5.69 Å². The maximum absolute atomic E-state index is 12.2. The number of amides is 1. The fourth-order valence-electron chi connectivity index (χ4n) is 2.65. The van der Waals surface area contributed by atoms with Crippen molar-refractivity contribution in [1.82, 2.24) is 4.98 Å². The minimum absolute atomic E-state index is 0.0904. The van der Waals surface area contributed by atoms with E-state index in [0.29, 0.717) is 17.5 Å². The Kier molecular flexibility index (Phi) is 4.35. The number of aromatic nitrogens is 1. The van der Waals surface area contributed by atoms with Crippen molar-refractivity contribution < 1.29 is 4.79 Å². The van der Waals surface area contributed by atoms with Gasteiger partial charge in [-0.3, -0.25) is 9.59 Å². The minimum Gasteiger partial charge on any atom is -0.388 e. The number of H-pyrrole nitrogens is 1. The molecule has 0 aliphatic heterocycles. The van der Waals surface area contributed by atoms with Gasteiger partial charge in [0.25, 0.3) is 5.56 Å². The number of rotatable bonds is 4. The highest BCUT2D eigenvalue weighted by Gasteiger charge is 2.14. The molecule has 1 amide bonds. The van der Waals surface area contributed by atoms with Crippen LogP contribution in [0.15, 0.2) is 23.0 Å². The quantitative estimate of drug-likeness (QED) is 0.807. The van der Waals surface area contributed by atoms with Gasteiger partial charge in [0.05, 0.1) is 0 Å². The Morgan fingerprint density at radius 1 is 1.23 bits per heavy atom. The summed E-state index contributed by atoms with van der Waals surface area (Å²) in [6, 6.07) is 5.62. The zero-order chi connectivity index (χ0) is 16.4. The van der Waals surface area contributed by atoms with Gasteiger partial charge in [-0.2, -0.15) is 0 Å². The van der Waals surface area contributed by atoms with Gasteiger partial charge in [0, 0.05) is 36.0 Å². The zero-order valence-corrected chi connectivity index (χ0v) is 13.3. The third kappa shape index (κ3) is 3.03. The monoisotopic (exact) mass is 299 g/mol. The lowest BCUT2D eigenvalue weighted by Gasteiger charge is -2.14. The third-order valence-corrected chi connectivity index (χ3v) is 3.93. The number of aromatic amines is 1. The molecule has 1 heterocycles. The largest absolute Gasteiger partial charge is 0.388 e. The summed E-state index contributed by atoms with van der Waals surface area (Å²) in [4.78, 5) is 26.6. The van der Waals surface area contributed by atoms with Gasteiger partial charge in [-0.15, -0.1) is 0 Å². The molecule has 5 heteroatoms. The number of nitrogens with two attached hydrogens (primary N) is 1. The van der Waals surface area contributed by atoms with Gasteiger partial charge in [0.15, 0.2) is 0 Å². The van der Waals surface area contributed by atoms with Gasteiger partial charge in [0.2, 0.25) is 5.91 Å². The highest BCUT2D eigenvalue weighted by molar-refractivity contribution is 5.95. The molecule has 0 saturated carbocycles. The molecule has 0 bridgehead atoms. The summed E-state index contributed by atoms with van der Waals surface area (Å²) in [7, 11) is 1.78. The van der Waals surface area contributed by atoms with Crippen LogP contribution >= 0.6 is 0 Å². The molecule has 0 fully saturated rings. The van der Waals surface area contributed by atoms with Crippen LogP contribution in [0, 0.1) is 20.8 Å². The van der Waals surface area contributed by atoms with Gasteiger partial charge in [0.1, 0.15) is 0 Å². The molecule has 0 radical (unpaired) electrons. The lowest BCUT2D eigenvalue weighted by Crippen LogP contribution is -2.18. The van der Waals surface area contributed by atoms with Crippen LogP contribution in [0.2, 0.25) is 0 Å². The number of aryl methyl sites for hydroxylation is 2. The van der Waals surface area contributed by atoms with Crippen LogP contribution in [0.1, 0.15) is 38.3 Å². The highest BCUT2D eigenvalue weighted by atomic mass is 16.1. The molecule has 0 aliphatic rings. The van der Waals surface area contributed by atoms with Crippen molar-refractivity contribution in [3.8, 4) is 0 Å². The van der Waals surface area contributed by atoms with E-state index in [1.165, 1.54) is 0 Å². The van der Waals surface area contributed by atoms with Crippen molar-refractivity contribution >= 4 is 11.6 Å². The molecular formula is C17H21N3O2. The van der Waals surface area contributed by atoms with E-state index in [-0.39, 0.29) is 5.56 Å². The number of primary amides is 1. The van der Waals surface area contributed by atoms with Crippen LogP contribution in [-0.4, -0.2) is 17.9 Å². The number of hydrogen-bond donors (Lipinski definition) is 3. The van der Waals surface area contributed by atoms with Gasteiger partial charge in [-0.1, -0.05) is 0 Å². The first kappa shape index (κ1) is 15.8. The number of anilines is 1. The highest BCUT2D eigenvalue weighted by Crippen LogP contribution is 2.23.